The van der Waals surface area contributed by atoms with E-state index >= 15 is 0 Å². The molecular weight excluding hydrogens is 170 g/mol. The summed E-state index contributed by atoms with van der Waals surface area (Å²) in [6.45, 7) is 6.74. The minimum absolute atomic E-state index is 0.193. The molecule has 4 heteroatoms. The number of rotatable bonds is 3. The van der Waals surface area contributed by atoms with Crippen LogP contribution in [0, 0.1) is 0 Å². The van der Waals surface area contributed by atoms with E-state index in [0.717, 1.165) is 0 Å². The maximum atomic E-state index is 11.1. The lowest BCUT2D eigenvalue weighted by molar-refractivity contribution is -0.138. The molecule has 0 rings (SSSR count). The van der Waals surface area contributed by atoms with Crippen LogP contribution in [0.5, 0.6) is 0 Å². The van der Waals surface area contributed by atoms with Crippen molar-refractivity contribution in [3.05, 3.63) is 11.3 Å². The average Bonchev–Trinajstić information content (AvgIpc) is 2.02. The van der Waals surface area contributed by atoms with Crippen molar-refractivity contribution in [1.82, 2.24) is 5.32 Å². The number of nitrogens with one attached hydrogen (secondary N) is 1. The van der Waals surface area contributed by atoms with Gasteiger partial charge in [0.25, 0.3) is 0 Å². The molecule has 0 fully saturated rings. The van der Waals surface area contributed by atoms with E-state index < -0.39 is 5.97 Å². The van der Waals surface area contributed by atoms with E-state index in [2.05, 4.69) is 5.32 Å². The van der Waals surface area contributed by atoms with Crippen LogP contribution in [0.2, 0.25) is 0 Å². The quantitative estimate of drug-likeness (QED) is 0.526. The van der Waals surface area contributed by atoms with E-state index in [4.69, 9.17) is 4.74 Å². The van der Waals surface area contributed by atoms with Gasteiger partial charge in [-0.15, -0.1) is 0 Å². The molecule has 0 spiro atoms. The van der Waals surface area contributed by atoms with Crippen molar-refractivity contribution in [2.24, 2.45) is 0 Å². The van der Waals surface area contributed by atoms with E-state index in [-0.39, 0.29) is 5.91 Å². The molecule has 1 amide bonds. The van der Waals surface area contributed by atoms with Crippen molar-refractivity contribution in [3.63, 3.8) is 0 Å². The molecule has 1 N–H and O–H groups in total. The molecule has 0 atom stereocenters. The Morgan fingerprint density at radius 2 is 1.77 bits per heavy atom. The van der Waals surface area contributed by atoms with Gasteiger partial charge in [-0.2, -0.15) is 0 Å². The summed E-state index contributed by atoms with van der Waals surface area (Å²) < 4.78 is 4.76. The molecule has 0 bridgehead atoms. The second-order valence-electron chi connectivity index (χ2n) is 2.65. The lowest BCUT2D eigenvalue weighted by atomic mass is 10.2. The van der Waals surface area contributed by atoms with Crippen molar-refractivity contribution < 1.29 is 14.3 Å². The van der Waals surface area contributed by atoms with Crippen LogP contribution >= 0.6 is 0 Å². The van der Waals surface area contributed by atoms with E-state index in [9.17, 15) is 9.59 Å². The van der Waals surface area contributed by atoms with Gasteiger partial charge in [-0.05, 0) is 20.8 Å². The fourth-order valence-corrected chi connectivity index (χ4v) is 0.750. The molecule has 0 aromatic carbocycles. The van der Waals surface area contributed by atoms with Crippen LogP contribution < -0.4 is 5.32 Å². The number of allylic oxidation sites excluding steroid dienone is 1. The number of hydrogen-bond acceptors (Lipinski definition) is 3. The topological polar surface area (TPSA) is 55.4 Å². The summed E-state index contributed by atoms with van der Waals surface area (Å²) >= 11 is 0. The normalized spacial score (nSPS) is 11.7. The second kappa shape index (κ2) is 5.35. The fraction of sp³-hybridized carbons (Fsp3) is 0.556. The van der Waals surface area contributed by atoms with Crippen LogP contribution in [0.25, 0.3) is 0 Å². The number of hydrogen-bond donors (Lipinski definition) is 1. The summed E-state index contributed by atoms with van der Waals surface area (Å²) in [7, 11) is 0. The third kappa shape index (κ3) is 4.30. The third-order valence-corrected chi connectivity index (χ3v) is 1.51. The predicted octanol–water partition coefficient (Wildman–Crippen LogP) is 0.980. The number of amides is 1. The first-order valence-electron chi connectivity index (χ1n) is 4.11. The minimum Gasteiger partial charge on any atom is -0.463 e. The van der Waals surface area contributed by atoms with Crippen molar-refractivity contribution >= 4 is 11.9 Å². The largest absolute Gasteiger partial charge is 0.463 e. The molecule has 0 aliphatic rings. The second-order valence-corrected chi connectivity index (χ2v) is 2.65. The lowest BCUT2D eigenvalue weighted by Gasteiger charge is -2.06. The number of carbonyl (C=O) groups excluding carboxylic acids is 2. The molecule has 13 heavy (non-hydrogen) atoms. The maximum absolute atomic E-state index is 11.1. The SMILES string of the molecule is CCOC(=O)/C(C)=C(\C)NC(C)=O. The first-order chi connectivity index (χ1) is 5.99. The Morgan fingerprint density at radius 3 is 2.15 bits per heavy atom. The molecule has 0 heterocycles. The monoisotopic (exact) mass is 185 g/mol. The smallest absolute Gasteiger partial charge is 0.335 e. The van der Waals surface area contributed by atoms with Gasteiger partial charge in [0.1, 0.15) is 0 Å². The third-order valence-electron chi connectivity index (χ3n) is 1.51. The molecule has 0 saturated carbocycles. The minimum atomic E-state index is -0.395. The summed E-state index contributed by atoms with van der Waals surface area (Å²) in [4.78, 5) is 21.8. The lowest BCUT2D eigenvalue weighted by Crippen LogP contribution is -2.21. The highest BCUT2D eigenvalue weighted by Gasteiger charge is 2.08. The molecule has 4 nitrogen and oxygen atoms in total. The zero-order chi connectivity index (χ0) is 10.4. The Labute approximate surface area is 78.0 Å². The van der Waals surface area contributed by atoms with Crippen LogP contribution in [-0.2, 0) is 14.3 Å². The fourth-order valence-electron chi connectivity index (χ4n) is 0.750. The van der Waals surface area contributed by atoms with Gasteiger partial charge in [0, 0.05) is 12.6 Å². The first-order valence-corrected chi connectivity index (χ1v) is 4.11. The van der Waals surface area contributed by atoms with Crippen LogP contribution in [0.3, 0.4) is 0 Å². The highest BCUT2D eigenvalue weighted by atomic mass is 16.5. The molecule has 0 unspecified atom stereocenters. The summed E-state index contributed by atoms with van der Waals surface area (Å²) in [5.41, 5.74) is 0.961. The van der Waals surface area contributed by atoms with Gasteiger partial charge in [-0.3, -0.25) is 4.79 Å². The van der Waals surface area contributed by atoms with Gasteiger partial charge in [-0.1, -0.05) is 0 Å². The summed E-state index contributed by atoms with van der Waals surface area (Å²) in [6, 6.07) is 0. The maximum Gasteiger partial charge on any atom is 0.335 e. The van der Waals surface area contributed by atoms with Crippen LogP contribution in [-0.4, -0.2) is 18.5 Å². The summed E-state index contributed by atoms with van der Waals surface area (Å²) in [6.07, 6.45) is 0. The van der Waals surface area contributed by atoms with Gasteiger partial charge in [0.05, 0.1) is 12.2 Å². The number of carbonyl (C=O) groups is 2. The van der Waals surface area contributed by atoms with Gasteiger partial charge >= 0.3 is 5.97 Å². The summed E-state index contributed by atoms with van der Waals surface area (Å²) in [5, 5.41) is 2.52. The molecule has 0 aliphatic heterocycles. The van der Waals surface area contributed by atoms with Crippen molar-refractivity contribution in [3.8, 4) is 0 Å². The predicted molar refractivity (Wildman–Crippen MR) is 48.8 cm³/mol. The molecule has 0 aliphatic carbocycles. The van der Waals surface area contributed by atoms with E-state index in [1.807, 2.05) is 0 Å². The highest BCUT2D eigenvalue weighted by molar-refractivity contribution is 5.89. The van der Waals surface area contributed by atoms with Crippen LogP contribution in [0.4, 0.5) is 0 Å². The summed E-state index contributed by atoms with van der Waals surface area (Å²) in [5.74, 6) is -0.588. The van der Waals surface area contributed by atoms with Gasteiger partial charge in [-0.25, -0.2) is 4.79 Å². The Morgan fingerprint density at radius 1 is 1.23 bits per heavy atom. The highest BCUT2D eigenvalue weighted by Crippen LogP contribution is 2.02. The van der Waals surface area contributed by atoms with Crippen molar-refractivity contribution in [2.45, 2.75) is 27.7 Å². The zero-order valence-electron chi connectivity index (χ0n) is 8.43. The number of ether oxygens (including phenoxy) is 1. The van der Waals surface area contributed by atoms with Gasteiger partial charge in [0.2, 0.25) is 5.91 Å². The van der Waals surface area contributed by atoms with Crippen molar-refractivity contribution in [2.75, 3.05) is 6.61 Å². The van der Waals surface area contributed by atoms with E-state index in [1.165, 1.54) is 6.92 Å². The van der Waals surface area contributed by atoms with Crippen molar-refractivity contribution in [1.29, 1.82) is 0 Å². The molecular formula is C9H15NO3. The molecule has 74 valence electrons. The Hall–Kier alpha value is -1.32. The Kier molecular flexibility index (Phi) is 4.80. The first kappa shape index (κ1) is 11.7. The van der Waals surface area contributed by atoms with Gasteiger partial charge in [0.15, 0.2) is 0 Å². The molecule has 0 radical (unpaired) electrons. The Bertz CT molecular complexity index is 243. The standard InChI is InChI=1S/C9H15NO3/c1-5-13-9(12)6(2)7(3)10-8(4)11/h5H2,1-4H3,(H,10,11)/b7-6+. The molecule has 0 aromatic rings. The number of esters is 1. The Balaban J connectivity index is 4.41. The molecule has 0 aromatic heterocycles. The van der Waals surface area contributed by atoms with Gasteiger partial charge < -0.3 is 10.1 Å². The van der Waals surface area contributed by atoms with Crippen LogP contribution in [0.15, 0.2) is 11.3 Å². The van der Waals surface area contributed by atoms with Crippen LogP contribution in [0.1, 0.15) is 27.7 Å². The van der Waals surface area contributed by atoms with E-state index in [1.54, 1.807) is 20.8 Å². The van der Waals surface area contributed by atoms with E-state index in [0.29, 0.717) is 17.9 Å². The zero-order valence-corrected chi connectivity index (χ0v) is 8.43. The average molecular weight is 185 g/mol. The molecule has 0 saturated heterocycles.